The van der Waals surface area contributed by atoms with Crippen molar-refractivity contribution in [3.63, 3.8) is 0 Å². The second-order valence-electron chi connectivity index (χ2n) is 5.82. The van der Waals surface area contributed by atoms with Crippen LogP contribution in [0.15, 0.2) is 0 Å². The predicted molar refractivity (Wildman–Crippen MR) is 71.0 cm³/mol. The summed E-state index contributed by atoms with van der Waals surface area (Å²) in [5.74, 6) is 1.57. The van der Waals surface area contributed by atoms with E-state index in [4.69, 9.17) is 0 Å². The van der Waals surface area contributed by atoms with Gasteiger partial charge in [-0.2, -0.15) is 0 Å². The molecule has 3 unspecified atom stereocenters. The Hall–Kier alpha value is -0.370. The summed E-state index contributed by atoms with van der Waals surface area (Å²) in [5, 5.41) is 3.47. The number of hydrogen-bond donors (Lipinski definition) is 1. The van der Waals surface area contributed by atoms with Crippen molar-refractivity contribution in [3.8, 4) is 0 Å². The maximum absolute atomic E-state index is 12.6. The summed E-state index contributed by atoms with van der Waals surface area (Å²) < 4.78 is 0. The Morgan fingerprint density at radius 3 is 2.65 bits per heavy atom. The second kappa shape index (κ2) is 6.53. The van der Waals surface area contributed by atoms with Gasteiger partial charge in [0.15, 0.2) is 5.78 Å². The van der Waals surface area contributed by atoms with E-state index in [9.17, 15) is 4.79 Å². The van der Waals surface area contributed by atoms with Crippen molar-refractivity contribution in [1.82, 2.24) is 5.32 Å². The Morgan fingerprint density at radius 2 is 1.82 bits per heavy atom. The van der Waals surface area contributed by atoms with Crippen molar-refractivity contribution in [1.29, 1.82) is 0 Å². The van der Waals surface area contributed by atoms with Crippen LogP contribution in [0.4, 0.5) is 0 Å². The quantitative estimate of drug-likeness (QED) is 0.816. The SMILES string of the molecule is CCC1CCCCC1C(=O)C1CCCCCN1. The van der Waals surface area contributed by atoms with Crippen LogP contribution < -0.4 is 5.32 Å². The topological polar surface area (TPSA) is 29.1 Å². The Bertz CT molecular complexity index is 243. The molecule has 1 heterocycles. The number of carbonyl (C=O) groups is 1. The molecule has 1 saturated heterocycles. The van der Waals surface area contributed by atoms with Crippen molar-refractivity contribution < 1.29 is 4.79 Å². The molecule has 2 rings (SSSR count). The van der Waals surface area contributed by atoms with Crippen LogP contribution >= 0.6 is 0 Å². The lowest BCUT2D eigenvalue weighted by molar-refractivity contribution is -0.127. The first-order valence-electron chi connectivity index (χ1n) is 7.60. The Morgan fingerprint density at radius 1 is 1.06 bits per heavy atom. The third-order valence-electron chi connectivity index (χ3n) is 4.70. The van der Waals surface area contributed by atoms with Crippen molar-refractivity contribution in [2.75, 3.05) is 6.54 Å². The third kappa shape index (κ3) is 3.31. The van der Waals surface area contributed by atoms with Crippen LogP contribution in [-0.2, 0) is 4.79 Å². The summed E-state index contributed by atoms with van der Waals surface area (Å²) in [6, 6.07) is 0.176. The van der Waals surface area contributed by atoms with Gasteiger partial charge in [-0.15, -0.1) is 0 Å². The van der Waals surface area contributed by atoms with Crippen LogP contribution in [-0.4, -0.2) is 18.4 Å². The normalized spacial score (nSPS) is 35.2. The average Bonchev–Trinajstić information content (AvgIpc) is 2.66. The lowest BCUT2D eigenvalue weighted by atomic mass is 9.74. The van der Waals surface area contributed by atoms with Gasteiger partial charge in [-0.3, -0.25) is 4.79 Å². The van der Waals surface area contributed by atoms with Gasteiger partial charge in [-0.1, -0.05) is 39.0 Å². The fourth-order valence-electron chi connectivity index (χ4n) is 3.60. The van der Waals surface area contributed by atoms with Crippen LogP contribution in [0.2, 0.25) is 0 Å². The van der Waals surface area contributed by atoms with Crippen molar-refractivity contribution >= 4 is 5.78 Å². The Balaban J connectivity index is 1.96. The highest BCUT2D eigenvalue weighted by Gasteiger charge is 2.33. The first-order valence-corrected chi connectivity index (χ1v) is 7.60. The maximum atomic E-state index is 12.6. The van der Waals surface area contributed by atoms with Crippen LogP contribution in [0.25, 0.3) is 0 Å². The molecule has 1 aliphatic carbocycles. The summed E-state index contributed by atoms with van der Waals surface area (Å²) in [4.78, 5) is 12.6. The van der Waals surface area contributed by atoms with E-state index in [0.717, 1.165) is 19.4 Å². The molecule has 0 aromatic heterocycles. The zero-order valence-corrected chi connectivity index (χ0v) is 11.2. The molecule has 0 bridgehead atoms. The van der Waals surface area contributed by atoms with Gasteiger partial charge in [0.25, 0.3) is 0 Å². The van der Waals surface area contributed by atoms with Crippen molar-refractivity contribution in [3.05, 3.63) is 0 Å². The van der Waals surface area contributed by atoms with E-state index < -0.39 is 0 Å². The Labute approximate surface area is 106 Å². The number of nitrogens with one attached hydrogen (secondary N) is 1. The number of ketones is 1. The molecule has 2 heteroatoms. The average molecular weight is 237 g/mol. The van der Waals surface area contributed by atoms with Crippen molar-refractivity contribution in [2.24, 2.45) is 11.8 Å². The van der Waals surface area contributed by atoms with E-state index in [1.165, 1.54) is 44.9 Å². The molecule has 2 fully saturated rings. The number of carbonyl (C=O) groups excluding carboxylic acids is 1. The van der Waals surface area contributed by atoms with Gasteiger partial charge < -0.3 is 5.32 Å². The fourth-order valence-corrected chi connectivity index (χ4v) is 3.60. The molecule has 2 aliphatic rings. The minimum Gasteiger partial charge on any atom is -0.307 e. The Kier molecular flexibility index (Phi) is 5.02. The van der Waals surface area contributed by atoms with E-state index in [-0.39, 0.29) is 6.04 Å². The van der Waals surface area contributed by atoms with Gasteiger partial charge in [0.05, 0.1) is 6.04 Å². The van der Waals surface area contributed by atoms with E-state index in [0.29, 0.717) is 17.6 Å². The zero-order valence-electron chi connectivity index (χ0n) is 11.2. The highest BCUT2D eigenvalue weighted by atomic mass is 16.1. The fraction of sp³-hybridized carbons (Fsp3) is 0.933. The second-order valence-corrected chi connectivity index (χ2v) is 5.82. The van der Waals surface area contributed by atoms with E-state index in [1.54, 1.807) is 0 Å². The third-order valence-corrected chi connectivity index (χ3v) is 4.70. The van der Waals surface area contributed by atoms with E-state index >= 15 is 0 Å². The molecule has 1 saturated carbocycles. The standard InChI is InChI=1S/C15H27NO/c1-2-12-8-5-6-9-13(12)15(17)14-10-4-3-7-11-16-14/h12-14,16H,2-11H2,1H3. The summed E-state index contributed by atoms with van der Waals surface area (Å²) in [6.07, 6.45) is 11.0. The molecular weight excluding hydrogens is 210 g/mol. The lowest BCUT2D eigenvalue weighted by Gasteiger charge is -2.32. The van der Waals surface area contributed by atoms with E-state index in [2.05, 4.69) is 12.2 Å². The molecule has 17 heavy (non-hydrogen) atoms. The number of hydrogen-bond acceptors (Lipinski definition) is 2. The minimum atomic E-state index is 0.176. The summed E-state index contributed by atoms with van der Waals surface area (Å²) in [5.41, 5.74) is 0. The minimum absolute atomic E-state index is 0.176. The first-order chi connectivity index (χ1) is 8.33. The molecule has 1 aliphatic heterocycles. The zero-order chi connectivity index (χ0) is 12.1. The largest absolute Gasteiger partial charge is 0.307 e. The van der Waals surface area contributed by atoms with Crippen molar-refractivity contribution in [2.45, 2.75) is 70.8 Å². The van der Waals surface area contributed by atoms with Crippen LogP contribution in [0.3, 0.4) is 0 Å². The highest BCUT2D eigenvalue weighted by Crippen LogP contribution is 2.34. The molecule has 2 nitrogen and oxygen atoms in total. The molecule has 0 radical (unpaired) electrons. The highest BCUT2D eigenvalue weighted by molar-refractivity contribution is 5.86. The van der Waals surface area contributed by atoms with Crippen LogP contribution in [0.5, 0.6) is 0 Å². The van der Waals surface area contributed by atoms with Gasteiger partial charge >= 0.3 is 0 Å². The molecule has 3 atom stereocenters. The molecule has 0 spiro atoms. The smallest absolute Gasteiger partial charge is 0.153 e. The van der Waals surface area contributed by atoms with Gasteiger partial charge in [-0.25, -0.2) is 0 Å². The predicted octanol–water partition coefficient (Wildman–Crippen LogP) is 3.30. The number of rotatable bonds is 3. The van der Waals surface area contributed by atoms with Gasteiger partial charge in [-0.05, 0) is 38.1 Å². The van der Waals surface area contributed by atoms with E-state index in [1.807, 2.05) is 0 Å². The van der Waals surface area contributed by atoms with Gasteiger partial charge in [0, 0.05) is 5.92 Å². The molecule has 98 valence electrons. The summed E-state index contributed by atoms with van der Waals surface area (Å²) in [6.45, 7) is 3.29. The molecular formula is C15H27NO. The maximum Gasteiger partial charge on any atom is 0.153 e. The lowest BCUT2D eigenvalue weighted by Crippen LogP contribution is -2.42. The van der Waals surface area contributed by atoms with Crippen LogP contribution in [0.1, 0.15) is 64.7 Å². The molecule has 0 amide bonds. The summed E-state index contributed by atoms with van der Waals surface area (Å²) in [7, 11) is 0. The monoisotopic (exact) mass is 237 g/mol. The van der Waals surface area contributed by atoms with Gasteiger partial charge in [0.2, 0.25) is 0 Å². The first kappa shape index (κ1) is 13.1. The van der Waals surface area contributed by atoms with Gasteiger partial charge in [0.1, 0.15) is 0 Å². The molecule has 0 aromatic carbocycles. The summed E-state index contributed by atoms with van der Waals surface area (Å²) >= 11 is 0. The molecule has 0 aromatic rings. The van der Waals surface area contributed by atoms with Crippen LogP contribution in [0, 0.1) is 11.8 Å². The molecule has 1 N–H and O–H groups in total. The number of Topliss-reactive ketones (excluding diaryl/α,β-unsaturated/α-hetero) is 1.